The van der Waals surface area contributed by atoms with Gasteiger partial charge in [-0.3, -0.25) is 5.10 Å². The van der Waals surface area contributed by atoms with Gasteiger partial charge in [-0.1, -0.05) is 0 Å². The number of nitrogens with zero attached hydrogens (tertiary/aromatic N) is 2. The molecule has 0 aliphatic carbocycles. The fraction of sp³-hybridized carbons (Fsp3) is 0.143. The third kappa shape index (κ3) is 2.04. The van der Waals surface area contributed by atoms with Crippen molar-refractivity contribution >= 4 is 15.9 Å². The van der Waals surface area contributed by atoms with Crippen molar-refractivity contribution in [3.8, 4) is 11.5 Å². The molecular formula is C7H4BrF3N4. The number of hydrogen-bond acceptors (Lipinski definition) is 2. The molecule has 0 fully saturated rings. The summed E-state index contributed by atoms with van der Waals surface area (Å²) in [6, 6.07) is 1.59. The van der Waals surface area contributed by atoms with E-state index >= 15 is 0 Å². The monoisotopic (exact) mass is 280 g/mol. The van der Waals surface area contributed by atoms with Gasteiger partial charge in [0.25, 0.3) is 0 Å². The molecule has 15 heavy (non-hydrogen) atoms. The van der Waals surface area contributed by atoms with Crippen LogP contribution in [0.3, 0.4) is 0 Å². The number of aromatic nitrogens is 4. The Kier molecular flexibility index (Phi) is 2.29. The van der Waals surface area contributed by atoms with Gasteiger partial charge in [0, 0.05) is 10.7 Å². The van der Waals surface area contributed by atoms with Gasteiger partial charge >= 0.3 is 6.18 Å². The average Bonchev–Trinajstić information content (AvgIpc) is 2.69. The van der Waals surface area contributed by atoms with E-state index in [2.05, 4.69) is 31.0 Å². The van der Waals surface area contributed by atoms with E-state index in [1.807, 2.05) is 5.10 Å². The smallest absolute Gasteiger partial charge is 0.357 e. The first-order chi connectivity index (χ1) is 6.97. The Morgan fingerprint density at radius 1 is 1.33 bits per heavy atom. The lowest BCUT2D eigenvalue weighted by molar-refractivity contribution is -0.144. The van der Waals surface area contributed by atoms with Gasteiger partial charge in [-0.15, -0.1) is 0 Å². The van der Waals surface area contributed by atoms with Gasteiger partial charge in [0.1, 0.15) is 0 Å². The van der Waals surface area contributed by atoms with Crippen LogP contribution >= 0.6 is 15.9 Å². The summed E-state index contributed by atoms with van der Waals surface area (Å²) < 4.78 is 37.2. The van der Waals surface area contributed by atoms with Gasteiger partial charge in [0.15, 0.2) is 5.82 Å². The molecule has 2 heterocycles. The van der Waals surface area contributed by atoms with Crippen molar-refractivity contribution in [3.63, 3.8) is 0 Å². The second-order valence-corrected chi connectivity index (χ2v) is 3.65. The molecule has 0 saturated heterocycles. The summed E-state index contributed by atoms with van der Waals surface area (Å²) in [6.07, 6.45) is -2.92. The molecule has 4 nitrogen and oxygen atoms in total. The van der Waals surface area contributed by atoms with Crippen molar-refractivity contribution in [2.75, 3.05) is 0 Å². The normalized spacial score (nSPS) is 12.0. The Bertz CT molecular complexity index is 473. The summed E-state index contributed by atoms with van der Waals surface area (Å²) in [4.78, 5) is 6.05. The SMILES string of the molecule is FC(F)(F)c1nc(-c2cc(Br)c[nH]2)n[nH]1. The van der Waals surface area contributed by atoms with Crippen LogP contribution in [0, 0.1) is 0 Å². The minimum Gasteiger partial charge on any atom is -0.357 e. The summed E-state index contributed by atoms with van der Waals surface area (Å²) in [6.45, 7) is 0. The highest BCUT2D eigenvalue weighted by Crippen LogP contribution is 2.27. The summed E-state index contributed by atoms with van der Waals surface area (Å²) >= 11 is 3.16. The van der Waals surface area contributed by atoms with E-state index in [1.165, 1.54) is 0 Å². The van der Waals surface area contributed by atoms with Gasteiger partial charge < -0.3 is 4.98 Å². The zero-order valence-electron chi connectivity index (χ0n) is 7.06. The minimum absolute atomic E-state index is 0.0203. The second-order valence-electron chi connectivity index (χ2n) is 2.74. The van der Waals surface area contributed by atoms with Crippen LogP contribution in [0.5, 0.6) is 0 Å². The van der Waals surface area contributed by atoms with E-state index in [0.717, 1.165) is 4.47 Å². The van der Waals surface area contributed by atoms with Gasteiger partial charge in [0.2, 0.25) is 5.82 Å². The first-order valence-electron chi connectivity index (χ1n) is 3.81. The molecule has 0 unspecified atom stereocenters. The molecule has 0 amide bonds. The van der Waals surface area contributed by atoms with Crippen LogP contribution in [0.4, 0.5) is 13.2 Å². The molecular weight excluding hydrogens is 277 g/mol. The highest BCUT2D eigenvalue weighted by atomic mass is 79.9. The maximum atomic E-state index is 12.2. The van der Waals surface area contributed by atoms with Gasteiger partial charge in [-0.05, 0) is 22.0 Å². The predicted octanol–water partition coefficient (Wildman–Crippen LogP) is 2.58. The molecule has 0 spiro atoms. The lowest BCUT2D eigenvalue weighted by Crippen LogP contribution is -2.07. The molecule has 0 aliphatic heterocycles. The molecule has 2 aromatic heterocycles. The van der Waals surface area contributed by atoms with Crippen molar-refractivity contribution in [1.82, 2.24) is 20.2 Å². The molecule has 8 heteroatoms. The quantitative estimate of drug-likeness (QED) is 0.844. The van der Waals surface area contributed by atoms with Crippen LogP contribution in [0.25, 0.3) is 11.5 Å². The summed E-state index contributed by atoms with van der Waals surface area (Å²) in [5.74, 6) is -1.13. The first kappa shape index (κ1) is 10.2. The number of halogens is 4. The molecule has 2 rings (SSSR count). The first-order valence-corrected chi connectivity index (χ1v) is 4.60. The maximum absolute atomic E-state index is 12.2. The fourth-order valence-electron chi connectivity index (χ4n) is 1.01. The van der Waals surface area contributed by atoms with E-state index in [1.54, 1.807) is 12.3 Å². The minimum atomic E-state index is -4.50. The van der Waals surface area contributed by atoms with Crippen LogP contribution < -0.4 is 0 Å². The number of alkyl halides is 3. The third-order valence-electron chi connectivity index (χ3n) is 1.64. The van der Waals surface area contributed by atoms with Crippen molar-refractivity contribution in [3.05, 3.63) is 22.6 Å². The van der Waals surface area contributed by atoms with Crippen LogP contribution in [0.15, 0.2) is 16.7 Å². The second kappa shape index (κ2) is 3.37. The number of H-pyrrole nitrogens is 2. The summed E-state index contributed by atoms with van der Waals surface area (Å²) in [5.41, 5.74) is 0.411. The topological polar surface area (TPSA) is 57.4 Å². The Balaban J connectivity index is 2.36. The molecule has 0 atom stereocenters. The molecule has 0 saturated carbocycles. The molecule has 80 valence electrons. The van der Waals surface area contributed by atoms with Gasteiger partial charge in [-0.2, -0.15) is 18.3 Å². The van der Waals surface area contributed by atoms with E-state index in [9.17, 15) is 13.2 Å². The molecule has 2 N–H and O–H groups in total. The number of aromatic amines is 2. The lowest BCUT2D eigenvalue weighted by Gasteiger charge is -1.98. The van der Waals surface area contributed by atoms with Crippen LogP contribution in [0.1, 0.15) is 5.82 Å². The van der Waals surface area contributed by atoms with Crippen molar-refractivity contribution < 1.29 is 13.2 Å². The molecule has 0 bridgehead atoms. The predicted molar refractivity (Wildman–Crippen MR) is 48.9 cm³/mol. The van der Waals surface area contributed by atoms with E-state index in [0.29, 0.717) is 5.69 Å². The summed E-state index contributed by atoms with van der Waals surface area (Å²) in [5, 5.41) is 5.29. The molecule has 0 aliphatic rings. The Morgan fingerprint density at radius 2 is 2.07 bits per heavy atom. The lowest BCUT2D eigenvalue weighted by atomic mass is 10.4. The van der Waals surface area contributed by atoms with E-state index in [-0.39, 0.29) is 5.82 Å². The third-order valence-corrected chi connectivity index (χ3v) is 2.10. The average molecular weight is 281 g/mol. The van der Waals surface area contributed by atoms with Crippen molar-refractivity contribution in [2.45, 2.75) is 6.18 Å². The summed E-state index contributed by atoms with van der Waals surface area (Å²) in [7, 11) is 0. The molecule has 0 aromatic carbocycles. The zero-order chi connectivity index (χ0) is 11.1. The Morgan fingerprint density at radius 3 is 2.53 bits per heavy atom. The molecule has 2 aromatic rings. The van der Waals surface area contributed by atoms with Crippen LogP contribution in [0.2, 0.25) is 0 Å². The maximum Gasteiger partial charge on any atom is 0.451 e. The highest BCUT2D eigenvalue weighted by Gasteiger charge is 2.35. The van der Waals surface area contributed by atoms with Crippen molar-refractivity contribution in [2.24, 2.45) is 0 Å². The van der Waals surface area contributed by atoms with E-state index < -0.39 is 12.0 Å². The zero-order valence-corrected chi connectivity index (χ0v) is 8.65. The van der Waals surface area contributed by atoms with Crippen LogP contribution in [-0.4, -0.2) is 20.2 Å². The fourth-order valence-corrected chi connectivity index (χ4v) is 1.35. The van der Waals surface area contributed by atoms with Gasteiger partial charge in [-0.25, -0.2) is 4.98 Å². The van der Waals surface area contributed by atoms with Gasteiger partial charge in [0.05, 0.1) is 5.69 Å². The highest BCUT2D eigenvalue weighted by molar-refractivity contribution is 9.10. The van der Waals surface area contributed by atoms with Crippen LogP contribution in [-0.2, 0) is 6.18 Å². The standard InChI is InChI=1S/C7H4BrF3N4/c8-3-1-4(12-2-3)5-13-6(15-14-5)7(9,10)11/h1-2,12H,(H,13,14,15). The van der Waals surface area contributed by atoms with Crippen molar-refractivity contribution in [1.29, 1.82) is 0 Å². The number of rotatable bonds is 1. The largest absolute Gasteiger partial charge is 0.451 e. The Hall–Kier alpha value is -1.31. The number of nitrogens with one attached hydrogen (secondary N) is 2. The number of hydrogen-bond donors (Lipinski definition) is 2. The Labute approximate surface area is 90.0 Å². The van der Waals surface area contributed by atoms with E-state index in [4.69, 9.17) is 0 Å². The molecule has 0 radical (unpaired) electrons.